The zero-order valence-electron chi connectivity index (χ0n) is 13.7. The van der Waals surface area contributed by atoms with Crippen LogP contribution in [-0.4, -0.2) is 29.8 Å². The molecule has 2 N–H and O–H groups in total. The maximum atomic E-state index is 12.4. The molecule has 0 aromatic heterocycles. The van der Waals surface area contributed by atoms with Crippen molar-refractivity contribution >= 4 is 11.8 Å². The molecule has 1 aromatic rings. The number of amides is 2. The van der Waals surface area contributed by atoms with Gasteiger partial charge in [-0.2, -0.15) is 0 Å². The van der Waals surface area contributed by atoms with Crippen molar-refractivity contribution in [3.05, 3.63) is 35.4 Å². The van der Waals surface area contributed by atoms with Crippen LogP contribution in [0.25, 0.3) is 0 Å². The van der Waals surface area contributed by atoms with Crippen molar-refractivity contribution in [2.24, 2.45) is 17.6 Å². The first-order valence-corrected chi connectivity index (χ1v) is 8.81. The molecule has 1 saturated carbocycles. The lowest BCUT2D eigenvalue weighted by molar-refractivity contribution is -0.136. The van der Waals surface area contributed by atoms with Gasteiger partial charge in [-0.25, -0.2) is 0 Å². The Labute approximate surface area is 138 Å². The second-order valence-electron chi connectivity index (χ2n) is 7.02. The lowest BCUT2D eigenvalue weighted by atomic mass is 9.89. The highest BCUT2D eigenvalue weighted by Gasteiger charge is 2.29. The van der Waals surface area contributed by atoms with Crippen molar-refractivity contribution < 1.29 is 9.59 Å². The maximum absolute atomic E-state index is 12.4. The van der Waals surface area contributed by atoms with Crippen LogP contribution in [0.1, 0.15) is 54.4 Å². The number of piperidine rings is 1. The molecule has 0 bridgehead atoms. The second kappa shape index (κ2) is 7.16. The largest absolute Gasteiger partial charge is 0.366 e. The van der Waals surface area contributed by atoms with Crippen molar-refractivity contribution in [2.45, 2.75) is 44.9 Å². The predicted molar refractivity (Wildman–Crippen MR) is 89.9 cm³/mol. The summed E-state index contributed by atoms with van der Waals surface area (Å²) < 4.78 is 0. The summed E-state index contributed by atoms with van der Waals surface area (Å²) in [6.07, 6.45) is 7.79. The molecule has 0 atom stereocenters. The first kappa shape index (κ1) is 16.0. The molecule has 124 valence electrons. The topological polar surface area (TPSA) is 63.4 Å². The van der Waals surface area contributed by atoms with Crippen molar-refractivity contribution in [1.82, 2.24) is 4.90 Å². The van der Waals surface area contributed by atoms with E-state index in [-0.39, 0.29) is 5.91 Å². The number of hydrogen-bond donors (Lipinski definition) is 1. The van der Waals surface area contributed by atoms with Crippen molar-refractivity contribution in [3.63, 3.8) is 0 Å². The van der Waals surface area contributed by atoms with Crippen LogP contribution in [0.2, 0.25) is 0 Å². The third-order valence-corrected chi connectivity index (χ3v) is 5.39. The lowest BCUT2D eigenvalue weighted by Crippen LogP contribution is -2.41. The number of carbonyl (C=O) groups is 2. The SMILES string of the molecule is NC(=O)c1ccc(CC2CCN(C(=O)C3CCCC3)CC2)cc1. The molecule has 2 amide bonds. The average molecular weight is 314 g/mol. The molecular formula is C19H26N2O2. The van der Waals surface area contributed by atoms with Gasteiger partial charge < -0.3 is 10.6 Å². The summed E-state index contributed by atoms with van der Waals surface area (Å²) in [6, 6.07) is 7.60. The molecule has 2 fully saturated rings. The Bertz CT molecular complexity index is 553. The maximum Gasteiger partial charge on any atom is 0.248 e. The van der Waals surface area contributed by atoms with Crippen LogP contribution < -0.4 is 5.73 Å². The quantitative estimate of drug-likeness (QED) is 0.929. The standard InChI is InChI=1S/C19H26N2O2/c20-18(22)16-7-5-14(6-8-16)13-15-9-11-21(12-10-15)19(23)17-3-1-2-4-17/h5-8,15,17H,1-4,9-13H2,(H2,20,22). The average Bonchev–Trinajstić information content (AvgIpc) is 3.10. The van der Waals surface area contributed by atoms with Gasteiger partial charge in [-0.05, 0) is 55.7 Å². The third kappa shape index (κ3) is 3.92. The van der Waals surface area contributed by atoms with Crippen molar-refractivity contribution in [3.8, 4) is 0 Å². The smallest absolute Gasteiger partial charge is 0.248 e. The summed E-state index contributed by atoms with van der Waals surface area (Å²) in [7, 11) is 0. The molecule has 2 aliphatic rings. The second-order valence-corrected chi connectivity index (χ2v) is 7.02. The summed E-state index contributed by atoms with van der Waals surface area (Å²) in [5.74, 6) is 0.942. The third-order valence-electron chi connectivity index (χ3n) is 5.39. The Morgan fingerprint density at radius 1 is 1.00 bits per heavy atom. The van der Waals surface area contributed by atoms with E-state index in [0.29, 0.717) is 23.3 Å². The number of nitrogens with two attached hydrogens (primary N) is 1. The summed E-state index contributed by atoms with van der Waals surface area (Å²) >= 11 is 0. The molecular weight excluding hydrogens is 288 g/mol. The van der Waals surface area contributed by atoms with Crippen LogP contribution in [0, 0.1) is 11.8 Å². The Hall–Kier alpha value is -1.84. The van der Waals surface area contributed by atoms with Crippen molar-refractivity contribution in [2.75, 3.05) is 13.1 Å². The molecule has 1 aliphatic carbocycles. The van der Waals surface area contributed by atoms with Crippen molar-refractivity contribution in [1.29, 1.82) is 0 Å². The van der Waals surface area contributed by atoms with E-state index in [1.165, 1.54) is 18.4 Å². The number of benzene rings is 1. The van der Waals surface area contributed by atoms with E-state index in [9.17, 15) is 9.59 Å². The van der Waals surface area contributed by atoms with Gasteiger partial charge in [0.1, 0.15) is 0 Å². The predicted octanol–water partition coefficient (Wildman–Crippen LogP) is 2.76. The summed E-state index contributed by atoms with van der Waals surface area (Å²) in [5.41, 5.74) is 7.07. The van der Waals surface area contributed by atoms with Gasteiger partial charge in [0.25, 0.3) is 0 Å². The first-order chi connectivity index (χ1) is 11.1. The minimum atomic E-state index is -0.379. The highest BCUT2D eigenvalue weighted by molar-refractivity contribution is 5.92. The molecule has 3 rings (SSSR count). The zero-order chi connectivity index (χ0) is 16.2. The molecule has 4 nitrogen and oxygen atoms in total. The Balaban J connectivity index is 1.48. The summed E-state index contributed by atoms with van der Waals surface area (Å²) in [6.45, 7) is 1.80. The molecule has 1 aromatic carbocycles. The summed E-state index contributed by atoms with van der Waals surface area (Å²) in [4.78, 5) is 25.6. The fourth-order valence-corrected chi connectivity index (χ4v) is 3.93. The highest BCUT2D eigenvalue weighted by Crippen LogP contribution is 2.29. The number of nitrogens with zero attached hydrogens (tertiary/aromatic N) is 1. The van der Waals surface area contributed by atoms with Gasteiger partial charge in [-0.3, -0.25) is 9.59 Å². The monoisotopic (exact) mass is 314 g/mol. The zero-order valence-corrected chi connectivity index (χ0v) is 13.7. The van der Waals surface area contributed by atoms with Crippen LogP contribution in [0.5, 0.6) is 0 Å². The van der Waals surface area contributed by atoms with E-state index in [0.717, 1.165) is 45.2 Å². The normalized spacial score (nSPS) is 19.9. The van der Waals surface area contributed by atoms with E-state index in [1.54, 1.807) is 12.1 Å². The van der Waals surface area contributed by atoms with Gasteiger partial charge in [0.15, 0.2) is 0 Å². The van der Waals surface area contributed by atoms with Gasteiger partial charge in [0.05, 0.1) is 0 Å². The Morgan fingerprint density at radius 2 is 1.61 bits per heavy atom. The van der Waals surface area contributed by atoms with E-state index in [2.05, 4.69) is 4.90 Å². The molecule has 1 heterocycles. The fraction of sp³-hybridized carbons (Fsp3) is 0.579. The van der Waals surface area contributed by atoms with Crippen LogP contribution in [0.4, 0.5) is 0 Å². The number of likely N-dealkylation sites (tertiary alicyclic amines) is 1. The van der Waals surface area contributed by atoms with Crippen LogP contribution in [0.15, 0.2) is 24.3 Å². The minimum absolute atomic E-state index is 0.299. The van der Waals surface area contributed by atoms with E-state index >= 15 is 0 Å². The lowest BCUT2D eigenvalue weighted by Gasteiger charge is -2.33. The molecule has 0 spiro atoms. The van der Waals surface area contributed by atoms with E-state index in [1.807, 2.05) is 12.1 Å². The van der Waals surface area contributed by atoms with Crippen LogP contribution in [0.3, 0.4) is 0 Å². The summed E-state index contributed by atoms with van der Waals surface area (Å²) in [5, 5.41) is 0. The highest BCUT2D eigenvalue weighted by atomic mass is 16.2. The molecule has 23 heavy (non-hydrogen) atoms. The number of rotatable bonds is 4. The number of hydrogen-bond acceptors (Lipinski definition) is 2. The molecule has 0 radical (unpaired) electrons. The van der Waals surface area contributed by atoms with Crippen LogP contribution in [-0.2, 0) is 11.2 Å². The minimum Gasteiger partial charge on any atom is -0.366 e. The van der Waals surface area contributed by atoms with Gasteiger partial charge >= 0.3 is 0 Å². The number of primary amides is 1. The van der Waals surface area contributed by atoms with Gasteiger partial charge in [-0.15, -0.1) is 0 Å². The Kier molecular flexibility index (Phi) is 4.99. The van der Waals surface area contributed by atoms with Gasteiger partial charge in [0, 0.05) is 24.6 Å². The molecule has 1 saturated heterocycles. The van der Waals surface area contributed by atoms with E-state index < -0.39 is 0 Å². The molecule has 0 unspecified atom stereocenters. The fourth-order valence-electron chi connectivity index (χ4n) is 3.93. The van der Waals surface area contributed by atoms with Crippen LogP contribution >= 0.6 is 0 Å². The molecule has 1 aliphatic heterocycles. The Morgan fingerprint density at radius 3 is 2.17 bits per heavy atom. The van der Waals surface area contributed by atoms with Gasteiger partial charge in [-0.1, -0.05) is 25.0 Å². The van der Waals surface area contributed by atoms with E-state index in [4.69, 9.17) is 5.73 Å². The van der Waals surface area contributed by atoms with Gasteiger partial charge in [0.2, 0.25) is 11.8 Å². The number of carbonyl (C=O) groups excluding carboxylic acids is 2. The molecule has 4 heteroatoms. The first-order valence-electron chi connectivity index (χ1n) is 8.81.